The van der Waals surface area contributed by atoms with Crippen molar-refractivity contribution in [2.75, 3.05) is 36.4 Å². The Kier molecular flexibility index (Phi) is 5.26. The van der Waals surface area contributed by atoms with Gasteiger partial charge in [-0.1, -0.05) is 36.4 Å². The van der Waals surface area contributed by atoms with Gasteiger partial charge >= 0.3 is 0 Å². The quantitative estimate of drug-likeness (QED) is 0.900. The van der Waals surface area contributed by atoms with E-state index in [2.05, 4.69) is 76.7 Å². The summed E-state index contributed by atoms with van der Waals surface area (Å²) in [5.41, 5.74) is 4.73. The smallest absolute Gasteiger partial charge is 0.224 e. The van der Waals surface area contributed by atoms with Crippen LogP contribution < -0.4 is 10.2 Å². The number of hydrogen-bond acceptors (Lipinski definition) is 3. The highest BCUT2D eigenvalue weighted by molar-refractivity contribution is 5.94. The lowest BCUT2D eigenvalue weighted by molar-refractivity contribution is -0.116. The van der Waals surface area contributed by atoms with Crippen LogP contribution in [0.5, 0.6) is 0 Å². The van der Waals surface area contributed by atoms with E-state index in [-0.39, 0.29) is 5.91 Å². The number of benzene rings is 2. The van der Waals surface area contributed by atoms with E-state index in [1.54, 1.807) is 0 Å². The van der Waals surface area contributed by atoms with Crippen LogP contribution in [0.15, 0.2) is 54.6 Å². The number of para-hydroxylation sites is 1. The van der Waals surface area contributed by atoms with Crippen LogP contribution in [-0.2, 0) is 11.2 Å². The molecule has 2 aliphatic heterocycles. The number of nitrogens with one attached hydrogen (secondary N) is 1. The number of rotatable bonds is 4. The fourth-order valence-electron chi connectivity index (χ4n) is 3.91. The Morgan fingerprint density at radius 1 is 1.00 bits per heavy atom. The molecule has 1 fully saturated rings. The average Bonchev–Trinajstić information content (AvgIpc) is 2.72. The second-order valence-corrected chi connectivity index (χ2v) is 7.42. The van der Waals surface area contributed by atoms with E-state index < -0.39 is 0 Å². The first-order valence-electron chi connectivity index (χ1n) is 9.84. The Bertz CT molecular complexity index is 823. The molecule has 0 radical (unpaired) electrons. The van der Waals surface area contributed by atoms with Crippen LogP contribution in [0.2, 0.25) is 0 Å². The maximum Gasteiger partial charge on any atom is 0.224 e. The zero-order valence-electron chi connectivity index (χ0n) is 15.9. The molecule has 2 heterocycles. The highest BCUT2D eigenvalue weighted by Gasteiger charge is 2.20. The third-order valence-electron chi connectivity index (χ3n) is 5.60. The van der Waals surface area contributed by atoms with Crippen LogP contribution in [0.4, 0.5) is 11.4 Å². The van der Waals surface area contributed by atoms with Crippen LogP contribution in [0, 0.1) is 0 Å². The molecule has 1 atom stereocenters. The van der Waals surface area contributed by atoms with Gasteiger partial charge in [-0.15, -0.1) is 0 Å². The highest BCUT2D eigenvalue weighted by Crippen LogP contribution is 2.24. The van der Waals surface area contributed by atoms with Crippen molar-refractivity contribution in [2.45, 2.75) is 25.8 Å². The van der Waals surface area contributed by atoms with E-state index in [9.17, 15) is 4.79 Å². The molecule has 1 saturated heterocycles. The van der Waals surface area contributed by atoms with Crippen molar-refractivity contribution in [1.29, 1.82) is 0 Å². The highest BCUT2D eigenvalue weighted by atomic mass is 16.1. The number of aryl methyl sites for hydroxylation is 1. The van der Waals surface area contributed by atoms with Crippen molar-refractivity contribution in [1.82, 2.24) is 4.90 Å². The molecule has 4 rings (SSSR count). The molecule has 2 aliphatic rings. The standard InChI is InChI=1S/C23H27N3O/c1-18(25-13-15-26(16-14-25)21-5-3-2-4-6-21)7-8-19-9-11-22-20(17-19)10-12-23(27)24-22/h2-9,11,17-18H,10,12-16H2,1H3,(H,24,27)/b8-7+. The molecule has 1 unspecified atom stereocenters. The Labute approximate surface area is 161 Å². The van der Waals surface area contributed by atoms with Crippen molar-refractivity contribution < 1.29 is 4.79 Å². The summed E-state index contributed by atoms with van der Waals surface area (Å²) in [6.07, 6.45) is 5.92. The van der Waals surface area contributed by atoms with Gasteiger partial charge in [-0.05, 0) is 48.7 Å². The Morgan fingerprint density at radius 3 is 2.56 bits per heavy atom. The lowest BCUT2D eigenvalue weighted by atomic mass is 10.00. The maximum atomic E-state index is 11.5. The van der Waals surface area contributed by atoms with Crippen LogP contribution >= 0.6 is 0 Å². The van der Waals surface area contributed by atoms with Gasteiger partial charge < -0.3 is 10.2 Å². The average molecular weight is 361 g/mol. The number of hydrogen-bond donors (Lipinski definition) is 1. The molecule has 4 heteroatoms. The number of fused-ring (bicyclic) bond motifs is 1. The van der Waals surface area contributed by atoms with Crippen molar-refractivity contribution >= 4 is 23.4 Å². The fourth-order valence-corrected chi connectivity index (χ4v) is 3.91. The lowest BCUT2D eigenvalue weighted by Crippen LogP contribution is -2.49. The lowest BCUT2D eigenvalue weighted by Gasteiger charge is -2.38. The van der Waals surface area contributed by atoms with Gasteiger partial charge in [-0.2, -0.15) is 0 Å². The number of carbonyl (C=O) groups excluding carboxylic acids is 1. The second kappa shape index (κ2) is 7.97. The van der Waals surface area contributed by atoms with Crippen LogP contribution in [0.3, 0.4) is 0 Å². The SMILES string of the molecule is CC(/C=C/c1ccc2c(c1)CCC(=O)N2)N1CCN(c2ccccc2)CC1. The summed E-state index contributed by atoms with van der Waals surface area (Å²) in [7, 11) is 0. The van der Waals surface area contributed by atoms with Gasteiger partial charge in [0.1, 0.15) is 0 Å². The zero-order valence-corrected chi connectivity index (χ0v) is 15.9. The molecule has 0 spiro atoms. The van der Waals surface area contributed by atoms with Gasteiger partial charge in [-0.25, -0.2) is 0 Å². The predicted octanol–water partition coefficient (Wildman–Crippen LogP) is 3.80. The van der Waals surface area contributed by atoms with E-state index in [4.69, 9.17) is 0 Å². The zero-order chi connectivity index (χ0) is 18.6. The number of anilines is 2. The summed E-state index contributed by atoms with van der Waals surface area (Å²) in [6.45, 7) is 6.57. The molecular formula is C23H27N3O. The molecule has 2 aromatic carbocycles. The van der Waals surface area contributed by atoms with Crippen molar-refractivity contribution in [3.63, 3.8) is 0 Å². The second-order valence-electron chi connectivity index (χ2n) is 7.42. The van der Waals surface area contributed by atoms with E-state index in [0.29, 0.717) is 12.5 Å². The molecule has 2 aromatic rings. The van der Waals surface area contributed by atoms with Gasteiger partial charge in [0.15, 0.2) is 0 Å². The molecule has 140 valence electrons. The first kappa shape index (κ1) is 17.8. The molecule has 0 aromatic heterocycles. The number of piperazine rings is 1. The molecule has 0 bridgehead atoms. The summed E-state index contributed by atoms with van der Waals surface area (Å²) < 4.78 is 0. The minimum absolute atomic E-state index is 0.119. The molecule has 27 heavy (non-hydrogen) atoms. The molecule has 1 amide bonds. The minimum Gasteiger partial charge on any atom is -0.369 e. The Balaban J connectivity index is 1.34. The van der Waals surface area contributed by atoms with Crippen LogP contribution in [0.25, 0.3) is 6.08 Å². The van der Waals surface area contributed by atoms with Crippen molar-refractivity contribution in [3.8, 4) is 0 Å². The predicted molar refractivity (Wildman–Crippen MR) is 112 cm³/mol. The Hall–Kier alpha value is -2.59. The van der Waals surface area contributed by atoms with E-state index in [1.807, 2.05) is 6.07 Å². The van der Waals surface area contributed by atoms with Gasteiger partial charge in [-0.3, -0.25) is 9.69 Å². The summed E-state index contributed by atoms with van der Waals surface area (Å²) in [5.74, 6) is 0.119. The van der Waals surface area contributed by atoms with Crippen molar-refractivity contribution in [3.05, 3.63) is 65.7 Å². The monoisotopic (exact) mass is 361 g/mol. The molecule has 1 N–H and O–H groups in total. The first-order valence-corrected chi connectivity index (χ1v) is 9.84. The third kappa shape index (κ3) is 4.22. The first-order chi connectivity index (χ1) is 13.2. The minimum atomic E-state index is 0.119. The van der Waals surface area contributed by atoms with E-state index >= 15 is 0 Å². The van der Waals surface area contributed by atoms with Gasteiger partial charge in [0.25, 0.3) is 0 Å². The molecule has 0 aliphatic carbocycles. The van der Waals surface area contributed by atoms with E-state index in [0.717, 1.165) is 38.3 Å². The maximum absolute atomic E-state index is 11.5. The number of nitrogens with zero attached hydrogens (tertiary/aromatic N) is 2. The van der Waals surface area contributed by atoms with Gasteiger partial charge in [0, 0.05) is 50.0 Å². The largest absolute Gasteiger partial charge is 0.369 e. The molecule has 0 saturated carbocycles. The molecular weight excluding hydrogens is 334 g/mol. The summed E-state index contributed by atoms with van der Waals surface area (Å²) in [6, 6.07) is 17.4. The Morgan fingerprint density at radius 2 is 1.78 bits per heavy atom. The normalized spacial score (nSPS) is 19.0. The van der Waals surface area contributed by atoms with Crippen molar-refractivity contribution in [2.24, 2.45) is 0 Å². The summed E-state index contributed by atoms with van der Waals surface area (Å²) in [4.78, 5) is 16.5. The van der Waals surface area contributed by atoms with Gasteiger partial charge in [0.2, 0.25) is 5.91 Å². The summed E-state index contributed by atoms with van der Waals surface area (Å²) >= 11 is 0. The fraction of sp³-hybridized carbons (Fsp3) is 0.348. The number of carbonyl (C=O) groups is 1. The third-order valence-corrected chi connectivity index (χ3v) is 5.60. The van der Waals surface area contributed by atoms with Crippen LogP contribution in [0.1, 0.15) is 24.5 Å². The number of amides is 1. The topological polar surface area (TPSA) is 35.6 Å². The summed E-state index contributed by atoms with van der Waals surface area (Å²) in [5, 5.41) is 2.95. The molecule has 4 nitrogen and oxygen atoms in total. The van der Waals surface area contributed by atoms with E-state index in [1.165, 1.54) is 16.8 Å². The van der Waals surface area contributed by atoms with Gasteiger partial charge in [0.05, 0.1) is 0 Å². The van der Waals surface area contributed by atoms with Crippen LogP contribution in [-0.4, -0.2) is 43.0 Å².